The number of aromatic nitrogens is 2. The van der Waals surface area contributed by atoms with Gasteiger partial charge in [-0.05, 0) is 62.6 Å². The van der Waals surface area contributed by atoms with Gasteiger partial charge in [0.15, 0.2) is 18.2 Å². The molecule has 1 aliphatic heterocycles. The Balaban J connectivity index is 0.00000324. The van der Waals surface area contributed by atoms with Crippen molar-refractivity contribution in [2.24, 2.45) is 0 Å². The second-order valence-corrected chi connectivity index (χ2v) is 8.07. The van der Waals surface area contributed by atoms with Crippen molar-refractivity contribution in [1.82, 2.24) is 10.1 Å². The van der Waals surface area contributed by atoms with Crippen molar-refractivity contribution in [2.75, 3.05) is 25.2 Å². The van der Waals surface area contributed by atoms with Crippen LogP contribution < -0.4 is 9.64 Å². The van der Waals surface area contributed by atoms with Gasteiger partial charge in [0.25, 0.3) is 5.89 Å². The lowest BCUT2D eigenvalue weighted by Gasteiger charge is -2.36. The second kappa shape index (κ2) is 11.3. The molecule has 182 valence electrons. The van der Waals surface area contributed by atoms with E-state index in [1.54, 1.807) is 13.2 Å². The molecule has 1 fully saturated rings. The molecule has 10 heteroatoms. The Morgan fingerprint density at radius 1 is 1.24 bits per heavy atom. The largest absolute Gasteiger partial charge is 0.479 e. The Morgan fingerprint density at radius 2 is 2.03 bits per heavy atom. The van der Waals surface area contributed by atoms with E-state index in [1.807, 2.05) is 12.1 Å². The second-order valence-electron chi connectivity index (χ2n) is 8.07. The lowest BCUT2D eigenvalue weighted by atomic mass is 10.00. The molecule has 1 aliphatic rings. The highest BCUT2D eigenvalue weighted by Crippen LogP contribution is 2.32. The molecule has 3 aromatic rings. The first-order valence-electron chi connectivity index (χ1n) is 10.8. The highest BCUT2D eigenvalue weighted by molar-refractivity contribution is 5.85. The van der Waals surface area contributed by atoms with Crippen LogP contribution in [0.1, 0.15) is 31.7 Å². The number of halogens is 2. The molecule has 34 heavy (non-hydrogen) atoms. The fourth-order valence-electron chi connectivity index (χ4n) is 4.08. The van der Waals surface area contributed by atoms with Crippen molar-refractivity contribution >= 4 is 24.1 Å². The molecule has 1 atom stereocenters. The number of carboxylic acids is 1. The molecule has 0 radical (unpaired) electrons. The number of anilines is 1. The van der Waals surface area contributed by atoms with Gasteiger partial charge >= 0.3 is 5.97 Å². The van der Waals surface area contributed by atoms with Crippen LogP contribution in [0.2, 0.25) is 0 Å². The number of nitrogens with zero attached hydrogens (tertiary/aromatic N) is 3. The Hall–Kier alpha value is -3.17. The molecule has 0 saturated carbocycles. The van der Waals surface area contributed by atoms with E-state index in [4.69, 9.17) is 19.1 Å². The minimum Gasteiger partial charge on any atom is -0.479 e. The third-order valence-corrected chi connectivity index (χ3v) is 5.71. The number of aliphatic carboxylic acids is 1. The number of rotatable bonds is 8. The first kappa shape index (κ1) is 25.5. The maximum Gasteiger partial charge on any atom is 0.341 e. The Bertz CT molecular complexity index is 1140. The number of hydrogen-bond acceptors (Lipinski definition) is 7. The summed E-state index contributed by atoms with van der Waals surface area (Å²) in [5, 5.41) is 12.7. The number of piperidine rings is 1. The predicted octanol–water partition coefficient (Wildman–Crippen LogP) is 4.95. The van der Waals surface area contributed by atoms with Crippen molar-refractivity contribution in [3.63, 3.8) is 0 Å². The van der Waals surface area contributed by atoms with Crippen molar-refractivity contribution in [3.05, 3.63) is 47.8 Å². The third kappa shape index (κ3) is 5.66. The molecule has 4 rings (SSSR count). The summed E-state index contributed by atoms with van der Waals surface area (Å²) in [4.78, 5) is 17.4. The maximum absolute atomic E-state index is 14.3. The lowest BCUT2D eigenvalue weighted by molar-refractivity contribution is -0.139. The van der Waals surface area contributed by atoms with Crippen LogP contribution >= 0.6 is 12.4 Å². The van der Waals surface area contributed by atoms with Crippen LogP contribution in [0, 0.1) is 5.82 Å². The standard InChI is InChI=1S/C24H26FN3O5.ClH/c1-15-5-3-4-10-28(15)20-8-6-17(11-18(20)13-31-2)24-26-23(27-33-24)16-7-9-21(19(25)12-16)32-14-22(29)30;/h6-9,11-12,15H,3-5,10,13-14H2,1-2H3,(H,29,30);1H. The van der Waals surface area contributed by atoms with Crippen LogP contribution in [0.15, 0.2) is 40.9 Å². The van der Waals surface area contributed by atoms with Gasteiger partial charge in [-0.3, -0.25) is 0 Å². The SMILES string of the molecule is COCc1cc(-c2nc(-c3ccc(OCC(=O)O)c(F)c3)no2)ccc1N1CCCCC1C.Cl. The average molecular weight is 492 g/mol. The topological polar surface area (TPSA) is 97.9 Å². The summed E-state index contributed by atoms with van der Waals surface area (Å²) in [7, 11) is 1.67. The third-order valence-electron chi connectivity index (χ3n) is 5.71. The van der Waals surface area contributed by atoms with Crippen LogP contribution in [-0.4, -0.2) is 47.5 Å². The molecule has 2 heterocycles. The van der Waals surface area contributed by atoms with Gasteiger partial charge in [-0.15, -0.1) is 12.4 Å². The zero-order valence-corrected chi connectivity index (χ0v) is 19.8. The van der Waals surface area contributed by atoms with Gasteiger partial charge in [0.1, 0.15) is 0 Å². The summed E-state index contributed by atoms with van der Waals surface area (Å²) in [6.07, 6.45) is 3.58. The summed E-state index contributed by atoms with van der Waals surface area (Å²) in [6, 6.07) is 10.5. The van der Waals surface area contributed by atoms with Gasteiger partial charge < -0.3 is 24.0 Å². The van der Waals surface area contributed by atoms with Gasteiger partial charge in [-0.2, -0.15) is 4.98 Å². The first-order chi connectivity index (χ1) is 16.0. The summed E-state index contributed by atoms with van der Waals surface area (Å²) in [5.41, 5.74) is 3.32. The van der Waals surface area contributed by atoms with E-state index in [-0.39, 0.29) is 24.0 Å². The van der Waals surface area contributed by atoms with E-state index in [1.165, 1.54) is 25.0 Å². The summed E-state index contributed by atoms with van der Waals surface area (Å²) in [5.74, 6) is -1.52. The van der Waals surface area contributed by atoms with E-state index in [0.717, 1.165) is 29.8 Å². The molecule has 0 amide bonds. The van der Waals surface area contributed by atoms with E-state index in [2.05, 4.69) is 28.0 Å². The number of benzene rings is 2. The van der Waals surface area contributed by atoms with Crippen LogP contribution in [0.3, 0.4) is 0 Å². The zero-order valence-electron chi connectivity index (χ0n) is 19.0. The predicted molar refractivity (Wildman–Crippen MR) is 127 cm³/mol. The molecule has 2 aromatic carbocycles. The van der Waals surface area contributed by atoms with Crippen molar-refractivity contribution < 1.29 is 28.3 Å². The molecular weight excluding hydrogens is 465 g/mol. The van der Waals surface area contributed by atoms with Gasteiger partial charge in [0.05, 0.1) is 6.61 Å². The maximum atomic E-state index is 14.3. The zero-order chi connectivity index (χ0) is 23.4. The molecular formula is C24H27ClFN3O5. The highest BCUT2D eigenvalue weighted by Gasteiger charge is 2.22. The van der Waals surface area contributed by atoms with Gasteiger partial charge in [-0.25, -0.2) is 9.18 Å². The summed E-state index contributed by atoms with van der Waals surface area (Å²) < 4.78 is 30.1. The Morgan fingerprint density at radius 3 is 2.74 bits per heavy atom. The quantitative estimate of drug-likeness (QED) is 0.472. The number of carbonyl (C=O) groups is 1. The van der Waals surface area contributed by atoms with E-state index >= 15 is 0 Å². The highest BCUT2D eigenvalue weighted by atomic mass is 35.5. The lowest BCUT2D eigenvalue weighted by Crippen LogP contribution is -2.38. The van der Waals surface area contributed by atoms with Gasteiger partial charge in [0.2, 0.25) is 5.82 Å². The van der Waals surface area contributed by atoms with E-state index in [9.17, 15) is 9.18 Å². The van der Waals surface area contributed by atoms with Gasteiger partial charge in [-0.1, -0.05) is 5.16 Å². The smallest absolute Gasteiger partial charge is 0.341 e. The van der Waals surface area contributed by atoms with Crippen LogP contribution in [0.4, 0.5) is 10.1 Å². The van der Waals surface area contributed by atoms with Gasteiger partial charge in [0, 0.05) is 42.1 Å². The molecule has 0 spiro atoms. The molecule has 0 bridgehead atoms. The van der Waals surface area contributed by atoms with Crippen LogP contribution in [-0.2, 0) is 16.1 Å². The molecule has 0 aliphatic carbocycles. The minimum absolute atomic E-state index is 0. The number of methoxy groups -OCH3 is 1. The summed E-state index contributed by atoms with van der Waals surface area (Å²) in [6.45, 7) is 3.08. The molecule has 1 N–H and O–H groups in total. The Labute approximate surface area is 203 Å². The van der Waals surface area contributed by atoms with E-state index < -0.39 is 18.4 Å². The van der Waals surface area contributed by atoms with Crippen LogP contribution in [0.5, 0.6) is 5.75 Å². The minimum atomic E-state index is -1.19. The first-order valence-corrected chi connectivity index (χ1v) is 10.8. The molecule has 1 unspecified atom stereocenters. The van der Waals surface area contributed by atoms with Crippen molar-refractivity contribution in [3.8, 4) is 28.6 Å². The average Bonchev–Trinajstić information content (AvgIpc) is 3.29. The van der Waals surface area contributed by atoms with Crippen molar-refractivity contribution in [2.45, 2.75) is 38.8 Å². The molecule has 1 saturated heterocycles. The van der Waals surface area contributed by atoms with E-state index in [0.29, 0.717) is 24.1 Å². The molecule has 1 aromatic heterocycles. The normalized spacial score (nSPS) is 15.6. The monoisotopic (exact) mass is 491 g/mol. The summed E-state index contributed by atoms with van der Waals surface area (Å²) >= 11 is 0. The number of ether oxygens (including phenoxy) is 2. The fraction of sp³-hybridized carbons (Fsp3) is 0.375. The van der Waals surface area contributed by atoms with Crippen LogP contribution in [0.25, 0.3) is 22.8 Å². The fourth-order valence-corrected chi connectivity index (χ4v) is 4.08. The Kier molecular flexibility index (Phi) is 8.46. The number of carboxylic acid groups (broad SMARTS) is 1. The molecule has 8 nitrogen and oxygen atoms in total. The van der Waals surface area contributed by atoms with Crippen molar-refractivity contribution in [1.29, 1.82) is 0 Å². The number of hydrogen-bond donors (Lipinski definition) is 1.